The summed E-state index contributed by atoms with van der Waals surface area (Å²) in [6, 6.07) is 8.09. The van der Waals surface area contributed by atoms with E-state index in [1.807, 2.05) is 19.1 Å². The summed E-state index contributed by atoms with van der Waals surface area (Å²) in [5.41, 5.74) is 1.31. The van der Waals surface area contributed by atoms with Crippen LogP contribution in [0.3, 0.4) is 0 Å². The normalized spacial score (nSPS) is 17.2. The number of hydrogen-bond acceptors (Lipinski definition) is 5. The van der Waals surface area contributed by atoms with Crippen molar-refractivity contribution in [2.75, 3.05) is 26.2 Å². The highest BCUT2D eigenvalue weighted by molar-refractivity contribution is 6.30. The average Bonchev–Trinajstić information content (AvgIpc) is 2.89. The molecule has 0 aliphatic carbocycles. The zero-order valence-corrected chi connectivity index (χ0v) is 12.9. The van der Waals surface area contributed by atoms with Crippen molar-refractivity contribution in [2.24, 2.45) is 0 Å². The minimum absolute atomic E-state index is 0.700. The molecule has 0 spiro atoms. The number of rotatable bonds is 4. The van der Waals surface area contributed by atoms with Gasteiger partial charge in [0.25, 0.3) is 0 Å². The van der Waals surface area contributed by atoms with E-state index in [2.05, 4.69) is 32.1 Å². The van der Waals surface area contributed by atoms with Gasteiger partial charge in [-0.2, -0.15) is 4.98 Å². The molecular formula is C15H19ClN4O. The Balaban J connectivity index is 1.47. The van der Waals surface area contributed by atoms with Crippen molar-refractivity contribution in [1.82, 2.24) is 19.9 Å². The number of aryl methyl sites for hydroxylation is 1. The van der Waals surface area contributed by atoms with Gasteiger partial charge in [-0.25, -0.2) is 0 Å². The molecule has 0 amide bonds. The lowest BCUT2D eigenvalue weighted by Crippen LogP contribution is -2.45. The fourth-order valence-corrected chi connectivity index (χ4v) is 2.68. The Kier molecular flexibility index (Phi) is 4.53. The molecule has 5 nitrogen and oxygen atoms in total. The highest BCUT2D eigenvalue weighted by Crippen LogP contribution is 2.13. The van der Waals surface area contributed by atoms with E-state index in [1.54, 1.807) is 0 Å². The number of halogens is 1. The Morgan fingerprint density at radius 3 is 2.24 bits per heavy atom. The maximum atomic E-state index is 5.91. The smallest absolute Gasteiger partial charge is 0.240 e. The third-order valence-corrected chi connectivity index (χ3v) is 3.96. The SMILES string of the molecule is Cc1noc(CN2CCN(Cc3ccc(Cl)cc3)CC2)n1. The minimum atomic E-state index is 0.700. The lowest BCUT2D eigenvalue weighted by atomic mass is 10.2. The first-order chi connectivity index (χ1) is 10.2. The topological polar surface area (TPSA) is 45.4 Å². The third-order valence-electron chi connectivity index (χ3n) is 3.71. The zero-order valence-electron chi connectivity index (χ0n) is 12.1. The van der Waals surface area contributed by atoms with Crippen LogP contribution < -0.4 is 0 Å². The van der Waals surface area contributed by atoms with Gasteiger partial charge in [0.15, 0.2) is 5.82 Å². The molecule has 1 aromatic heterocycles. The molecule has 1 fully saturated rings. The van der Waals surface area contributed by atoms with E-state index in [-0.39, 0.29) is 0 Å². The fourth-order valence-electron chi connectivity index (χ4n) is 2.55. The van der Waals surface area contributed by atoms with Gasteiger partial charge in [-0.3, -0.25) is 9.80 Å². The van der Waals surface area contributed by atoms with Crippen LogP contribution in [0.1, 0.15) is 17.3 Å². The first kappa shape index (κ1) is 14.5. The van der Waals surface area contributed by atoms with E-state index in [0.29, 0.717) is 11.7 Å². The molecule has 1 aliphatic heterocycles. The monoisotopic (exact) mass is 306 g/mol. The maximum Gasteiger partial charge on any atom is 0.240 e. The number of hydrogen-bond donors (Lipinski definition) is 0. The summed E-state index contributed by atoms with van der Waals surface area (Å²) in [6.45, 7) is 7.72. The number of benzene rings is 1. The van der Waals surface area contributed by atoms with Crippen molar-refractivity contribution in [2.45, 2.75) is 20.0 Å². The molecule has 1 aliphatic rings. The second kappa shape index (κ2) is 6.56. The largest absolute Gasteiger partial charge is 0.338 e. The van der Waals surface area contributed by atoms with Crippen LogP contribution in [0.25, 0.3) is 0 Å². The van der Waals surface area contributed by atoms with Gasteiger partial charge in [-0.15, -0.1) is 0 Å². The van der Waals surface area contributed by atoms with Gasteiger partial charge in [-0.1, -0.05) is 28.9 Å². The van der Waals surface area contributed by atoms with Crippen LogP contribution in [0.5, 0.6) is 0 Å². The summed E-state index contributed by atoms with van der Waals surface area (Å²) in [5, 5.41) is 4.62. The molecule has 1 saturated heterocycles. The van der Waals surface area contributed by atoms with Gasteiger partial charge in [0.1, 0.15) is 0 Å². The van der Waals surface area contributed by atoms with Crippen molar-refractivity contribution in [3.05, 3.63) is 46.6 Å². The van der Waals surface area contributed by atoms with Gasteiger partial charge >= 0.3 is 0 Å². The number of aromatic nitrogens is 2. The Bertz CT molecular complexity index is 576. The van der Waals surface area contributed by atoms with Crippen molar-refractivity contribution < 1.29 is 4.52 Å². The molecule has 6 heteroatoms. The summed E-state index contributed by atoms with van der Waals surface area (Å²) in [6.07, 6.45) is 0. The highest BCUT2D eigenvalue weighted by Gasteiger charge is 2.18. The fraction of sp³-hybridized carbons (Fsp3) is 0.467. The van der Waals surface area contributed by atoms with Crippen LogP contribution >= 0.6 is 11.6 Å². The van der Waals surface area contributed by atoms with Crippen molar-refractivity contribution >= 4 is 11.6 Å². The van der Waals surface area contributed by atoms with Gasteiger partial charge in [0.2, 0.25) is 5.89 Å². The Morgan fingerprint density at radius 1 is 1.05 bits per heavy atom. The summed E-state index contributed by atoms with van der Waals surface area (Å²) in [7, 11) is 0. The van der Waals surface area contributed by atoms with Crippen LogP contribution in [0.2, 0.25) is 5.02 Å². The molecule has 0 unspecified atom stereocenters. The van der Waals surface area contributed by atoms with Crippen LogP contribution in [0, 0.1) is 6.92 Å². The maximum absolute atomic E-state index is 5.91. The van der Waals surface area contributed by atoms with Crippen LogP contribution in [-0.4, -0.2) is 46.1 Å². The van der Waals surface area contributed by atoms with E-state index >= 15 is 0 Å². The molecule has 1 aromatic carbocycles. The highest BCUT2D eigenvalue weighted by atomic mass is 35.5. The van der Waals surface area contributed by atoms with Crippen LogP contribution in [0.15, 0.2) is 28.8 Å². The predicted octanol–water partition coefficient (Wildman–Crippen LogP) is 2.35. The average molecular weight is 307 g/mol. The van der Waals surface area contributed by atoms with E-state index in [9.17, 15) is 0 Å². The first-order valence-electron chi connectivity index (χ1n) is 7.17. The van der Waals surface area contributed by atoms with Crippen LogP contribution in [0.4, 0.5) is 0 Å². The first-order valence-corrected chi connectivity index (χ1v) is 7.55. The standard InChI is InChI=1S/C15H19ClN4O/c1-12-17-15(21-18-12)11-20-8-6-19(7-9-20)10-13-2-4-14(16)5-3-13/h2-5H,6-11H2,1H3. The predicted molar refractivity (Wildman–Crippen MR) is 81.0 cm³/mol. The van der Waals surface area contributed by atoms with E-state index in [0.717, 1.165) is 44.3 Å². The Hall–Kier alpha value is -1.43. The molecule has 0 bridgehead atoms. The lowest BCUT2D eigenvalue weighted by Gasteiger charge is -2.33. The molecule has 112 valence electrons. The lowest BCUT2D eigenvalue weighted by molar-refractivity contribution is 0.112. The number of nitrogens with zero attached hydrogens (tertiary/aromatic N) is 4. The minimum Gasteiger partial charge on any atom is -0.338 e. The second-order valence-electron chi connectivity index (χ2n) is 5.41. The molecule has 0 radical (unpaired) electrons. The van der Waals surface area contributed by atoms with Gasteiger partial charge in [0.05, 0.1) is 6.54 Å². The van der Waals surface area contributed by atoms with E-state index < -0.39 is 0 Å². The summed E-state index contributed by atoms with van der Waals surface area (Å²) < 4.78 is 5.17. The summed E-state index contributed by atoms with van der Waals surface area (Å²) in [4.78, 5) is 9.06. The quantitative estimate of drug-likeness (QED) is 0.867. The zero-order chi connectivity index (χ0) is 14.7. The van der Waals surface area contributed by atoms with Crippen LogP contribution in [-0.2, 0) is 13.1 Å². The molecular weight excluding hydrogens is 288 g/mol. The molecule has 2 aromatic rings. The van der Waals surface area contributed by atoms with E-state index in [4.69, 9.17) is 16.1 Å². The summed E-state index contributed by atoms with van der Waals surface area (Å²) in [5.74, 6) is 1.41. The molecule has 2 heterocycles. The number of piperazine rings is 1. The third kappa shape index (κ3) is 4.03. The second-order valence-corrected chi connectivity index (χ2v) is 5.85. The van der Waals surface area contributed by atoms with Crippen molar-refractivity contribution in [3.63, 3.8) is 0 Å². The van der Waals surface area contributed by atoms with Gasteiger partial charge < -0.3 is 4.52 Å². The Labute approximate surface area is 129 Å². The molecule has 21 heavy (non-hydrogen) atoms. The van der Waals surface area contributed by atoms with Gasteiger partial charge in [0, 0.05) is 37.7 Å². The molecule has 0 atom stereocenters. The molecule has 3 rings (SSSR count). The van der Waals surface area contributed by atoms with E-state index in [1.165, 1.54) is 5.56 Å². The Morgan fingerprint density at radius 2 is 1.67 bits per heavy atom. The molecule has 0 N–H and O–H groups in total. The van der Waals surface area contributed by atoms with Crippen molar-refractivity contribution in [3.8, 4) is 0 Å². The van der Waals surface area contributed by atoms with Gasteiger partial charge in [-0.05, 0) is 24.6 Å². The molecule has 0 saturated carbocycles. The van der Waals surface area contributed by atoms with Crippen molar-refractivity contribution in [1.29, 1.82) is 0 Å². The summed E-state index contributed by atoms with van der Waals surface area (Å²) >= 11 is 5.91.